The lowest BCUT2D eigenvalue weighted by Crippen LogP contribution is -1.93. The number of aromatic hydroxyl groups is 1. The van der Waals surface area contributed by atoms with Gasteiger partial charge >= 0.3 is 0 Å². The number of benzene rings is 3. The zero-order chi connectivity index (χ0) is 18.4. The highest BCUT2D eigenvalue weighted by molar-refractivity contribution is 5.86. The Morgan fingerprint density at radius 2 is 1.27 bits per heavy atom. The van der Waals surface area contributed by atoms with Crippen LogP contribution >= 0.6 is 0 Å². The van der Waals surface area contributed by atoms with Gasteiger partial charge in [-0.3, -0.25) is 0 Å². The van der Waals surface area contributed by atoms with Crippen LogP contribution in [0, 0.1) is 22.7 Å². The summed E-state index contributed by atoms with van der Waals surface area (Å²) < 4.78 is 0. The lowest BCUT2D eigenvalue weighted by Gasteiger charge is -2.14. The number of phenols is 1. The maximum atomic E-state index is 10.8. The van der Waals surface area contributed by atoms with E-state index in [-0.39, 0.29) is 11.3 Å². The molecule has 0 spiro atoms. The number of anilines is 1. The van der Waals surface area contributed by atoms with E-state index in [4.69, 9.17) is 10.5 Å². The first-order chi connectivity index (χ1) is 12.7. The zero-order valence-corrected chi connectivity index (χ0v) is 13.8. The van der Waals surface area contributed by atoms with Crippen molar-refractivity contribution >= 4 is 5.69 Å². The number of nitrogens with one attached hydrogen (secondary N) is 1. The second kappa shape index (κ2) is 7.70. The van der Waals surface area contributed by atoms with E-state index in [0.717, 1.165) is 11.1 Å². The molecule has 3 rings (SSSR count). The molecule has 0 aliphatic heterocycles. The second-order valence-corrected chi connectivity index (χ2v) is 5.58. The topological polar surface area (TPSA) is 79.8 Å². The Hall–Kier alpha value is -4.02. The molecule has 0 amide bonds. The normalized spacial score (nSPS) is 9.62. The highest BCUT2D eigenvalue weighted by Gasteiger charge is 2.13. The Labute approximate surface area is 151 Å². The molecule has 0 aliphatic carbocycles. The number of nitriles is 2. The molecule has 124 valence electrons. The summed E-state index contributed by atoms with van der Waals surface area (Å²) in [6, 6.07) is 26.3. The SMILES string of the molecule is N#CC(C#N)=CNc1cc(-c2ccccc2)c(O)c(-c2ccccc2)c1. The first kappa shape index (κ1) is 16.8. The fourth-order valence-corrected chi connectivity index (χ4v) is 2.64. The molecule has 0 bridgehead atoms. The van der Waals surface area contributed by atoms with Crippen LogP contribution in [0.3, 0.4) is 0 Å². The molecule has 0 atom stereocenters. The smallest absolute Gasteiger partial charge is 0.145 e. The van der Waals surface area contributed by atoms with Gasteiger partial charge in [-0.15, -0.1) is 0 Å². The van der Waals surface area contributed by atoms with Crippen LogP contribution in [0.1, 0.15) is 0 Å². The minimum Gasteiger partial charge on any atom is -0.507 e. The van der Waals surface area contributed by atoms with Crippen LogP contribution in [0.15, 0.2) is 84.6 Å². The van der Waals surface area contributed by atoms with Gasteiger partial charge < -0.3 is 10.4 Å². The van der Waals surface area contributed by atoms with Gasteiger partial charge in [0, 0.05) is 23.0 Å². The molecule has 4 nitrogen and oxygen atoms in total. The highest BCUT2D eigenvalue weighted by atomic mass is 16.3. The average molecular weight is 337 g/mol. The first-order valence-corrected chi connectivity index (χ1v) is 7.97. The molecular formula is C22H15N3O. The summed E-state index contributed by atoms with van der Waals surface area (Å²) in [5.41, 5.74) is 3.71. The molecule has 2 N–H and O–H groups in total. The first-order valence-electron chi connectivity index (χ1n) is 7.97. The Morgan fingerprint density at radius 1 is 0.808 bits per heavy atom. The third kappa shape index (κ3) is 3.56. The van der Waals surface area contributed by atoms with E-state index in [1.807, 2.05) is 72.8 Å². The fraction of sp³-hybridized carbons (Fsp3) is 0. The maximum absolute atomic E-state index is 10.8. The summed E-state index contributed by atoms with van der Waals surface area (Å²) in [6.07, 6.45) is 1.36. The molecule has 4 heteroatoms. The van der Waals surface area contributed by atoms with Crippen molar-refractivity contribution in [2.24, 2.45) is 0 Å². The molecule has 0 aromatic heterocycles. The van der Waals surface area contributed by atoms with Crippen molar-refractivity contribution in [1.82, 2.24) is 0 Å². The fourth-order valence-electron chi connectivity index (χ4n) is 2.64. The van der Waals surface area contributed by atoms with Gasteiger partial charge in [-0.05, 0) is 23.3 Å². The van der Waals surface area contributed by atoms with Crippen LogP contribution in [-0.4, -0.2) is 5.11 Å². The molecular weight excluding hydrogens is 322 g/mol. The number of hydrogen-bond donors (Lipinski definition) is 2. The Morgan fingerprint density at radius 3 is 1.69 bits per heavy atom. The summed E-state index contributed by atoms with van der Waals surface area (Å²) in [6.45, 7) is 0. The number of hydrogen-bond acceptors (Lipinski definition) is 4. The van der Waals surface area contributed by atoms with E-state index < -0.39 is 0 Å². The van der Waals surface area contributed by atoms with E-state index in [1.165, 1.54) is 6.20 Å². The van der Waals surface area contributed by atoms with Crippen molar-refractivity contribution < 1.29 is 5.11 Å². The van der Waals surface area contributed by atoms with Crippen LogP contribution in [0.4, 0.5) is 5.69 Å². The van der Waals surface area contributed by atoms with Crippen molar-refractivity contribution in [2.75, 3.05) is 5.32 Å². The zero-order valence-electron chi connectivity index (χ0n) is 13.8. The summed E-state index contributed by atoms with van der Waals surface area (Å²) in [5.74, 6) is 0.178. The van der Waals surface area contributed by atoms with Crippen molar-refractivity contribution in [3.8, 4) is 40.1 Å². The van der Waals surface area contributed by atoms with Gasteiger partial charge in [0.15, 0.2) is 0 Å². The highest BCUT2D eigenvalue weighted by Crippen LogP contribution is 2.40. The minimum atomic E-state index is -0.0272. The molecule has 0 heterocycles. The van der Waals surface area contributed by atoms with Crippen LogP contribution in [0.25, 0.3) is 22.3 Å². The minimum absolute atomic E-state index is 0.0272. The predicted molar refractivity (Wildman–Crippen MR) is 102 cm³/mol. The van der Waals surface area contributed by atoms with Crippen LogP contribution in [0.5, 0.6) is 5.75 Å². The Bertz CT molecular complexity index is 950. The van der Waals surface area contributed by atoms with E-state index in [2.05, 4.69) is 5.32 Å². The van der Waals surface area contributed by atoms with Gasteiger partial charge in [-0.2, -0.15) is 10.5 Å². The van der Waals surface area contributed by atoms with E-state index in [1.54, 1.807) is 12.1 Å². The molecule has 26 heavy (non-hydrogen) atoms. The molecule has 0 aliphatic rings. The third-order valence-electron chi connectivity index (χ3n) is 3.90. The molecule has 0 saturated carbocycles. The van der Waals surface area contributed by atoms with E-state index in [0.29, 0.717) is 16.8 Å². The van der Waals surface area contributed by atoms with Gasteiger partial charge in [-0.1, -0.05) is 60.7 Å². The van der Waals surface area contributed by atoms with Crippen LogP contribution < -0.4 is 5.32 Å². The monoisotopic (exact) mass is 337 g/mol. The average Bonchev–Trinajstić information content (AvgIpc) is 2.71. The number of allylic oxidation sites excluding steroid dienone is 1. The number of phenolic OH excluding ortho intramolecular Hbond substituents is 1. The van der Waals surface area contributed by atoms with Gasteiger partial charge in [-0.25, -0.2) is 0 Å². The van der Waals surface area contributed by atoms with Crippen molar-refractivity contribution in [1.29, 1.82) is 10.5 Å². The van der Waals surface area contributed by atoms with Gasteiger partial charge in [0.05, 0.1) is 0 Å². The summed E-state index contributed by atoms with van der Waals surface area (Å²) >= 11 is 0. The van der Waals surface area contributed by atoms with Crippen LogP contribution in [0.2, 0.25) is 0 Å². The van der Waals surface area contributed by atoms with Crippen molar-refractivity contribution in [3.05, 3.63) is 84.6 Å². The molecule has 0 unspecified atom stereocenters. The maximum Gasteiger partial charge on any atom is 0.145 e. The van der Waals surface area contributed by atoms with Crippen molar-refractivity contribution in [2.45, 2.75) is 0 Å². The molecule has 0 saturated heterocycles. The standard InChI is InChI=1S/C22H15N3O/c23-13-16(14-24)15-25-19-11-20(17-7-3-1-4-8-17)22(26)21(12-19)18-9-5-2-6-10-18/h1-12,15,25-26H. The van der Waals surface area contributed by atoms with Gasteiger partial charge in [0.2, 0.25) is 0 Å². The summed E-state index contributed by atoms with van der Waals surface area (Å²) in [5, 5.41) is 31.6. The van der Waals surface area contributed by atoms with E-state index in [9.17, 15) is 5.11 Å². The number of nitrogens with zero attached hydrogens (tertiary/aromatic N) is 2. The summed E-state index contributed by atoms with van der Waals surface area (Å²) in [4.78, 5) is 0. The van der Waals surface area contributed by atoms with Crippen molar-refractivity contribution in [3.63, 3.8) is 0 Å². The summed E-state index contributed by atoms with van der Waals surface area (Å²) in [7, 11) is 0. The van der Waals surface area contributed by atoms with Gasteiger partial charge in [0.25, 0.3) is 0 Å². The van der Waals surface area contributed by atoms with E-state index >= 15 is 0 Å². The lowest BCUT2D eigenvalue weighted by molar-refractivity contribution is 0.479. The van der Waals surface area contributed by atoms with Crippen LogP contribution in [-0.2, 0) is 0 Å². The molecule has 3 aromatic rings. The largest absolute Gasteiger partial charge is 0.507 e. The molecule has 0 fully saturated rings. The molecule has 3 aromatic carbocycles. The lowest BCUT2D eigenvalue weighted by atomic mass is 9.96. The second-order valence-electron chi connectivity index (χ2n) is 5.58. The third-order valence-corrected chi connectivity index (χ3v) is 3.90. The van der Waals surface area contributed by atoms with Gasteiger partial charge in [0.1, 0.15) is 23.5 Å². The number of rotatable bonds is 4. The molecule has 0 radical (unpaired) electrons. The quantitative estimate of drug-likeness (QED) is 0.514. The Balaban J connectivity index is 2.16. The Kier molecular flexibility index (Phi) is 4.98. The predicted octanol–water partition coefficient (Wildman–Crippen LogP) is 5.07.